The predicted octanol–water partition coefficient (Wildman–Crippen LogP) is 1.84. The highest BCUT2D eigenvalue weighted by atomic mass is 19.4. The van der Waals surface area contributed by atoms with Gasteiger partial charge in [0.1, 0.15) is 18.2 Å². The van der Waals surface area contributed by atoms with E-state index < -0.39 is 12.7 Å². The molecule has 7 heteroatoms. The minimum Gasteiger partial charge on any atom is -0.382 e. The molecule has 1 aromatic heterocycles. The highest BCUT2D eigenvalue weighted by Crippen LogP contribution is 2.20. The smallest absolute Gasteiger partial charge is 0.382 e. The summed E-state index contributed by atoms with van der Waals surface area (Å²) in [4.78, 5) is 8.67. The van der Waals surface area contributed by atoms with Gasteiger partial charge >= 0.3 is 6.18 Å². The second-order valence-electron chi connectivity index (χ2n) is 3.34. The molecule has 0 bridgehead atoms. The average Bonchev–Trinajstić information content (AvgIpc) is 2.16. The number of hydrogen-bond donors (Lipinski definition) is 1. The lowest BCUT2D eigenvalue weighted by Gasteiger charge is -2.23. The fraction of sp³-hybridized carbons (Fsp3) is 0.556. The predicted molar refractivity (Wildman–Crippen MR) is 55.0 cm³/mol. The molecule has 2 N–H and O–H groups in total. The summed E-state index contributed by atoms with van der Waals surface area (Å²) in [6, 6.07) is 0. The number of nitrogen functional groups attached to an aromatic ring is 1. The van der Waals surface area contributed by atoms with Gasteiger partial charge in [0, 0.05) is 6.54 Å². The molecule has 0 amide bonds. The van der Waals surface area contributed by atoms with Crippen molar-refractivity contribution in [2.45, 2.75) is 19.5 Å². The second kappa shape index (κ2) is 5.00. The highest BCUT2D eigenvalue weighted by molar-refractivity contribution is 5.39. The molecular weight excluding hydrogens is 221 g/mol. The number of nitrogens with two attached hydrogens (primary N) is 1. The van der Waals surface area contributed by atoms with Gasteiger partial charge in [-0.25, -0.2) is 9.97 Å². The van der Waals surface area contributed by atoms with Crippen LogP contribution in [0.15, 0.2) is 12.4 Å². The molecular formula is C9H13F3N4. The summed E-state index contributed by atoms with van der Waals surface area (Å²) < 4.78 is 36.8. The van der Waals surface area contributed by atoms with E-state index in [2.05, 4.69) is 9.97 Å². The van der Waals surface area contributed by atoms with Crippen molar-refractivity contribution in [2.75, 3.05) is 23.7 Å². The molecule has 0 saturated carbocycles. The normalized spacial score (nSPS) is 11.5. The third-order valence-electron chi connectivity index (χ3n) is 1.85. The molecule has 0 atom stereocenters. The lowest BCUT2D eigenvalue weighted by atomic mass is 10.4. The van der Waals surface area contributed by atoms with Gasteiger partial charge in [-0.05, 0) is 6.42 Å². The first kappa shape index (κ1) is 12.5. The van der Waals surface area contributed by atoms with E-state index in [0.717, 1.165) is 4.90 Å². The molecule has 0 spiro atoms. The van der Waals surface area contributed by atoms with Crippen LogP contribution in [0.25, 0.3) is 0 Å². The Hall–Kier alpha value is -1.53. The minimum atomic E-state index is -4.25. The van der Waals surface area contributed by atoms with Crippen LogP contribution in [-0.4, -0.2) is 29.2 Å². The van der Waals surface area contributed by atoms with Crippen LogP contribution in [-0.2, 0) is 0 Å². The van der Waals surface area contributed by atoms with Crippen molar-refractivity contribution in [1.82, 2.24) is 9.97 Å². The van der Waals surface area contributed by atoms with Crippen LogP contribution in [0.2, 0.25) is 0 Å². The molecule has 1 rings (SSSR count). The number of anilines is 2. The van der Waals surface area contributed by atoms with E-state index in [1.54, 1.807) is 6.92 Å². The summed E-state index contributed by atoms with van der Waals surface area (Å²) in [5.74, 6) is 0.376. The molecule has 0 fully saturated rings. The van der Waals surface area contributed by atoms with Crippen molar-refractivity contribution in [2.24, 2.45) is 0 Å². The molecule has 0 radical (unpaired) electrons. The summed E-state index contributed by atoms with van der Waals surface area (Å²) in [6.07, 6.45) is -1.16. The van der Waals surface area contributed by atoms with Crippen LogP contribution >= 0.6 is 0 Å². The van der Waals surface area contributed by atoms with Crippen LogP contribution in [0.5, 0.6) is 0 Å². The fourth-order valence-electron chi connectivity index (χ4n) is 1.26. The highest BCUT2D eigenvalue weighted by Gasteiger charge is 2.31. The molecule has 90 valence electrons. The van der Waals surface area contributed by atoms with Crippen molar-refractivity contribution >= 4 is 11.6 Å². The standard InChI is InChI=1S/C9H13F3N4/c1-2-3-16(6-9(10,11)12)8-5-14-7(13)4-15-8/h4-5H,2-3,6H2,1H3,(H2,13,14). The summed E-state index contributed by atoms with van der Waals surface area (Å²) in [6.45, 7) is 1.05. The van der Waals surface area contributed by atoms with Crippen LogP contribution in [0.3, 0.4) is 0 Å². The van der Waals surface area contributed by atoms with Crippen LogP contribution < -0.4 is 10.6 Å². The molecule has 1 aromatic rings. The van der Waals surface area contributed by atoms with E-state index >= 15 is 0 Å². The van der Waals surface area contributed by atoms with Crippen molar-refractivity contribution < 1.29 is 13.2 Å². The maximum absolute atomic E-state index is 12.3. The zero-order valence-electron chi connectivity index (χ0n) is 8.83. The summed E-state index contributed by atoms with van der Waals surface area (Å²) in [7, 11) is 0. The fourth-order valence-corrected chi connectivity index (χ4v) is 1.26. The van der Waals surface area contributed by atoms with Crippen molar-refractivity contribution in [3.8, 4) is 0 Å². The number of halogens is 3. The Morgan fingerprint density at radius 3 is 2.44 bits per heavy atom. The Bertz CT molecular complexity index is 323. The van der Waals surface area contributed by atoms with Gasteiger partial charge in [-0.15, -0.1) is 0 Å². The Balaban J connectivity index is 2.80. The molecule has 0 aliphatic carbocycles. The van der Waals surface area contributed by atoms with Crippen molar-refractivity contribution in [3.05, 3.63) is 12.4 Å². The Kier molecular flexibility index (Phi) is 3.92. The zero-order valence-corrected chi connectivity index (χ0v) is 8.83. The maximum Gasteiger partial charge on any atom is 0.405 e. The first-order valence-corrected chi connectivity index (χ1v) is 4.81. The van der Waals surface area contributed by atoms with Gasteiger partial charge in [-0.3, -0.25) is 0 Å². The number of aromatic nitrogens is 2. The molecule has 1 heterocycles. The number of nitrogens with zero attached hydrogens (tertiary/aromatic N) is 3. The molecule has 0 unspecified atom stereocenters. The van der Waals surface area contributed by atoms with E-state index in [-0.39, 0.29) is 18.2 Å². The Morgan fingerprint density at radius 1 is 1.31 bits per heavy atom. The zero-order chi connectivity index (χ0) is 12.2. The summed E-state index contributed by atoms with van der Waals surface area (Å²) in [5, 5.41) is 0. The van der Waals surface area contributed by atoms with Gasteiger partial charge in [0.25, 0.3) is 0 Å². The third-order valence-corrected chi connectivity index (χ3v) is 1.85. The van der Waals surface area contributed by atoms with Crippen LogP contribution in [0.1, 0.15) is 13.3 Å². The topological polar surface area (TPSA) is 55.0 Å². The number of rotatable bonds is 4. The van der Waals surface area contributed by atoms with E-state index in [4.69, 9.17) is 5.73 Å². The van der Waals surface area contributed by atoms with Gasteiger partial charge in [0.05, 0.1) is 12.4 Å². The monoisotopic (exact) mass is 234 g/mol. The summed E-state index contributed by atoms with van der Waals surface area (Å²) in [5.41, 5.74) is 5.31. The lowest BCUT2D eigenvalue weighted by Crippen LogP contribution is -2.35. The molecule has 4 nitrogen and oxygen atoms in total. The van der Waals surface area contributed by atoms with E-state index in [1.807, 2.05) is 0 Å². The number of alkyl halides is 3. The van der Waals surface area contributed by atoms with Gasteiger partial charge in [-0.1, -0.05) is 6.92 Å². The SMILES string of the molecule is CCCN(CC(F)(F)F)c1cnc(N)cn1. The average molecular weight is 234 g/mol. The van der Waals surface area contributed by atoms with Gasteiger partial charge in [-0.2, -0.15) is 13.2 Å². The Morgan fingerprint density at radius 2 is 2.00 bits per heavy atom. The lowest BCUT2D eigenvalue weighted by molar-refractivity contribution is -0.119. The Labute approximate surface area is 91.3 Å². The van der Waals surface area contributed by atoms with Gasteiger partial charge in [0.15, 0.2) is 0 Å². The molecule has 16 heavy (non-hydrogen) atoms. The third kappa shape index (κ3) is 3.92. The van der Waals surface area contributed by atoms with Crippen molar-refractivity contribution in [1.29, 1.82) is 0 Å². The molecule has 0 aromatic carbocycles. The van der Waals surface area contributed by atoms with Crippen LogP contribution in [0, 0.1) is 0 Å². The summed E-state index contributed by atoms with van der Waals surface area (Å²) >= 11 is 0. The quantitative estimate of drug-likeness (QED) is 0.863. The van der Waals surface area contributed by atoms with Crippen molar-refractivity contribution in [3.63, 3.8) is 0 Å². The van der Waals surface area contributed by atoms with E-state index in [1.165, 1.54) is 12.4 Å². The van der Waals surface area contributed by atoms with E-state index in [9.17, 15) is 13.2 Å². The maximum atomic E-state index is 12.3. The number of hydrogen-bond acceptors (Lipinski definition) is 4. The molecule has 0 aliphatic rings. The van der Waals surface area contributed by atoms with E-state index in [0.29, 0.717) is 6.42 Å². The minimum absolute atomic E-state index is 0.187. The van der Waals surface area contributed by atoms with Crippen LogP contribution in [0.4, 0.5) is 24.8 Å². The van der Waals surface area contributed by atoms with Gasteiger partial charge in [0.2, 0.25) is 0 Å². The molecule has 0 saturated heterocycles. The molecule has 0 aliphatic heterocycles. The largest absolute Gasteiger partial charge is 0.405 e. The first-order chi connectivity index (χ1) is 7.42. The van der Waals surface area contributed by atoms with Gasteiger partial charge < -0.3 is 10.6 Å². The second-order valence-corrected chi connectivity index (χ2v) is 3.34. The first-order valence-electron chi connectivity index (χ1n) is 4.81.